The number of hydrogen-bond donors (Lipinski definition) is 0. The van der Waals surface area contributed by atoms with Crippen LogP contribution in [0.2, 0.25) is 0 Å². The van der Waals surface area contributed by atoms with Gasteiger partial charge in [-0.3, -0.25) is 4.90 Å². The summed E-state index contributed by atoms with van der Waals surface area (Å²) < 4.78 is 35.2. The Bertz CT molecular complexity index is 685. The first-order chi connectivity index (χ1) is 11.6. The zero-order valence-electron chi connectivity index (χ0n) is 14.2. The lowest BCUT2D eigenvalue weighted by molar-refractivity contribution is -0.0409. The number of ether oxygens (including phenoxy) is 1. The summed E-state index contributed by atoms with van der Waals surface area (Å²) in [6, 6.07) is -0.00396. The van der Waals surface area contributed by atoms with Gasteiger partial charge in [-0.25, -0.2) is 13.4 Å². The average Bonchev–Trinajstić information content (AvgIpc) is 3.36. The van der Waals surface area contributed by atoms with Gasteiger partial charge in [0.1, 0.15) is 5.82 Å². The van der Waals surface area contributed by atoms with Crippen LogP contribution < -0.4 is 0 Å². The molecule has 0 spiro atoms. The quantitative estimate of drug-likeness (QED) is 0.791. The number of aryl methyl sites for hydroxylation is 1. The molecule has 0 N–H and O–H groups in total. The first-order valence-corrected chi connectivity index (χ1v) is 10.4. The Kier molecular flexibility index (Phi) is 4.40. The standard InChI is InChI=1S/C16H26N4O3S/c1-18-9-6-17-16(18)12-19-7-4-14-15(5-8-19)23-11-10-20(14)24(21,22)13-2-3-13/h6,9,13-15H,2-5,7-8,10-12H2,1H3/t14-,15-/m0/s1. The highest BCUT2D eigenvalue weighted by molar-refractivity contribution is 7.90. The number of likely N-dealkylation sites (tertiary alicyclic amines) is 1. The van der Waals surface area contributed by atoms with Crippen LogP contribution in [0, 0.1) is 0 Å². The summed E-state index contributed by atoms with van der Waals surface area (Å²) in [5.74, 6) is 1.04. The zero-order chi connectivity index (χ0) is 16.7. The van der Waals surface area contributed by atoms with Crippen molar-refractivity contribution in [1.82, 2.24) is 18.8 Å². The predicted molar refractivity (Wildman–Crippen MR) is 89.9 cm³/mol. The molecule has 1 saturated carbocycles. The molecule has 0 radical (unpaired) electrons. The molecule has 1 aromatic rings. The summed E-state index contributed by atoms with van der Waals surface area (Å²) in [7, 11) is -1.12. The Morgan fingerprint density at radius 2 is 2.00 bits per heavy atom. The number of hydrogen-bond acceptors (Lipinski definition) is 5. The van der Waals surface area contributed by atoms with E-state index in [1.807, 2.05) is 24.0 Å². The molecule has 24 heavy (non-hydrogen) atoms. The number of morpholine rings is 1. The minimum absolute atomic E-state index is 0.00396. The number of imidazole rings is 1. The van der Waals surface area contributed by atoms with Crippen molar-refractivity contribution in [2.24, 2.45) is 7.05 Å². The van der Waals surface area contributed by atoms with Crippen LogP contribution in [0.5, 0.6) is 0 Å². The van der Waals surface area contributed by atoms with E-state index in [4.69, 9.17) is 4.74 Å². The highest BCUT2D eigenvalue weighted by atomic mass is 32.2. The van der Waals surface area contributed by atoms with Crippen molar-refractivity contribution < 1.29 is 13.2 Å². The van der Waals surface area contributed by atoms with Crippen molar-refractivity contribution in [2.75, 3.05) is 26.2 Å². The highest BCUT2D eigenvalue weighted by Crippen LogP contribution is 2.35. The van der Waals surface area contributed by atoms with Crippen LogP contribution in [0.15, 0.2) is 12.4 Å². The minimum atomic E-state index is -3.13. The van der Waals surface area contributed by atoms with Gasteiger partial charge in [0.05, 0.1) is 30.5 Å². The number of rotatable bonds is 4. The Hall–Kier alpha value is -0.960. The van der Waals surface area contributed by atoms with E-state index in [-0.39, 0.29) is 17.4 Å². The van der Waals surface area contributed by atoms with Gasteiger partial charge in [0.25, 0.3) is 0 Å². The fourth-order valence-electron chi connectivity index (χ4n) is 3.88. The summed E-state index contributed by atoms with van der Waals surface area (Å²) in [6.45, 7) is 3.64. The maximum Gasteiger partial charge on any atom is 0.217 e. The topological polar surface area (TPSA) is 67.7 Å². The fourth-order valence-corrected chi connectivity index (χ4v) is 5.94. The molecule has 4 rings (SSSR count). The van der Waals surface area contributed by atoms with Crippen molar-refractivity contribution in [3.63, 3.8) is 0 Å². The lowest BCUT2D eigenvalue weighted by Gasteiger charge is -2.39. The molecule has 0 bridgehead atoms. The van der Waals surface area contributed by atoms with E-state index in [1.165, 1.54) is 0 Å². The fraction of sp³-hybridized carbons (Fsp3) is 0.812. The van der Waals surface area contributed by atoms with Crippen molar-refractivity contribution in [3.05, 3.63) is 18.2 Å². The lowest BCUT2D eigenvalue weighted by Crippen LogP contribution is -2.54. The molecule has 2 atom stereocenters. The summed E-state index contributed by atoms with van der Waals surface area (Å²) in [5.41, 5.74) is 0. The van der Waals surface area contributed by atoms with Gasteiger partial charge >= 0.3 is 0 Å². The van der Waals surface area contributed by atoms with E-state index in [0.29, 0.717) is 13.2 Å². The van der Waals surface area contributed by atoms with E-state index in [1.54, 1.807) is 4.31 Å². The van der Waals surface area contributed by atoms with Gasteiger partial charge in [0.2, 0.25) is 10.0 Å². The van der Waals surface area contributed by atoms with Crippen LogP contribution in [0.1, 0.15) is 31.5 Å². The molecule has 3 aliphatic rings. The monoisotopic (exact) mass is 354 g/mol. The van der Waals surface area contributed by atoms with Crippen LogP contribution in [-0.4, -0.2) is 70.8 Å². The van der Waals surface area contributed by atoms with Gasteiger partial charge in [0, 0.05) is 39.1 Å². The number of nitrogens with zero attached hydrogens (tertiary/aromatic N) is 4. The second-order valence-electron chi connectivity index (χ2n) is 7.14. The summed E-state index contributed by atoms with van der Waals surface area (Å²) in [5, 5.41) is -0.136. The maximum absolute atomic E-state index is 12.7. The smallest absolute Gasteiger partial charge is 0.217 e. The average molecular weight is 354 g/mol. The third-order valence-electron chi connectivity index (χ3n) is 5.47. The molecule has 8 heteroatoms. The molecule has 3 fully saturated rings. The molecule has 1 aliphatic carbocycles. The number of sulfonamides is 1. The molecule has 1 aromatic heterocycles. The third-order valence-corrected chi connectivity index (χ3v) is 7.89. The second kappa shape index (κ2) is 6.40. The first-order valence-electron chi connectivity index (χ1n) is 8.86. The second-order valence-corrected chi connectivity index (χ2v) is 9.31. The maximum atomic E-state index is 12.7. The van der Waals surface area contributed by atoms with Crippen molar-refractivity contribution in [3.8, 4) is 0 Å². The molecule has 0 amide bonds. The van der Waals surface area contributed by atoms with E-state index in [0.717, 1.165) is 51.1 Å². The van der Waals surface area contributed by atoms with Crippen molar-refractivity contribution in [1.29, 1.82) is 0 Å². The van der Waals surface area contributed by atoms with Gasteiger partial charge in [-0.1, -0.05) is 0 Å². The minimum Gasteiger partial charge on any atom is -0.375 e. The van der Waals surface area contributed by atoms with Gasteiger partial charge in [-0.2, -0.15) is 4.31 Å². The van der Waals surface area contributed by atoms with Crippen molar-refractivity contribution in [2.45, 2.75) is 49.6 Å². The Labute approximate surface area is 143 Å². The summed E-state index contributed by atoms with van der Waals surface area (Å²) >= 11 is 0. The SMILES string of the molecule is Cn1ccnc1CN1CC[C@@H]2OCCN(S(=O)(=O)C3CC3)[C@H]2CC1. The number of fused-ring (bicyclic) bond motifs is 1. The van der Waals surface area contributed by atoms with Crippen LogP contribution >= 0.6 is 0 Å². The molecule has 134 valence electrons. The Morgan fingerprint density at radius 3 is 2.71 bits per heavy atom. The van der Waals surface area contributed by atoms with Crippen LogP contribution in [0.4, 0.5) is 0 Å². The molecule has 2 saturated heterocycles. The zero-order valence-corrected chi connectivity index (χ0v) is 15.0. The van der Waals surface area contributed by atoms with Crippen molar-refractivity contribution >= 4 is 10.0 Å². The molecular weight excluding hydrogens is 328 g/mol. The predicted octanol–water partition coefficient (Wildman–Crippen LogP) is 0.578. The molecule has 7 nitrogen and oxygen atoms in total. The summed E-state index contributed by atoms with van der Waals surface area (Å²) in [4.78, 5) is 6.77. The third kappa shape index (κ3) is 3.12. The van der Waals surface area contributed by atoms with E-state index in [2.05, 4.69) is 9.88 Å². The molecular formula is C16H26N4O3S. The summed E-state index contributed by atoms with van der Waals surface area (Å²) in [6.07, 6.45) is 7.16. The van der Waals surface area contributed by atoms with Crippen LogP contribution in [0.25, 0.3) is 0 Å². The van der Waals surface area contributed by atoms with E-state index < -0.39 is 10.0 Å². The number of aromatic nitrogens is 2. The normalized spacial score (nSPS) is 30.0. The Morgan fingerprint density at radius 1 is 1.21 bits per heavy atom. The molecule has 3 heterocycles. The van der Waals surface area contributed by atoms with Gasteiger partial charge in [-0.05, 0) is 25.7 Å². The highest BCUT2D eigenvalue weighted by Gasteiger charge is 2.46. The Balaban J connectivity index is 1.47. The van der Waals surface area contributed by atoms with Crippen LogP contribution in [-0.2, 0) is 28.4 Å². The van der Waals surface area contributed by atoms with Gasteiger partial charge in [0.15, 0.2) is 0 Å². The first kappa shape index (κ1) is 16.5. The lowest BCUT2D eigenvalue weighted by atomic mass is 10.0. The largest absolute Gasteiger partial charge is 0.375 e. The van der Waals surface area contributed by atoms with E-state index in [9.17, 15) is 8.42 Å². The van der Waals surface area contributed by atoms with Gasteiger partial charge in [-0.15, -0.1) is 0 Å². The molecule has 2 aliphatic heterocycles. The van der Waals surface area contributed by atoms with E-state index >= 15 is 0 Å². The van der Waals surface area contributed by atoms with Crippen LogP contribution in [0.3, 0.4) is 0 Å². The molecule has 0 unspecified atom stereocenters. The van der Waals surface area contributed by atoms with Gasteiger partial charge < -0.3 is 9.30 Å². The molecule has 0 aromatic carbocycles.